The summed E-state index contributed by atoms with van der Waals surface area (Å²) in [6.07, 6.45) is 0.707. The van der Waals surface area contributed by atoms with Gasteiger partial charge in [0.25, 0.3) is 5.89 Å². The van der Waals surface area contributed by atoms with E-state index in [0.29, 0.717) is 23.8 Å². The lowest BCUT2D eigenvalue weighted by Gasteiger charge is -1.98. The van der Waals surface area contributed by atoms with Crippen molar-refractivity contribution in [1.29, 1.82) is 0 Å². The molecule has 8 heteroatoms. The van der Waals surface area contributed by atoms with E-state index in [9.17, 15) is 0 Å². The fraction of sp³-hybridized carbons (Fsp3) is 0.167. The number of nitrogens with two attached hydrogens (primary N) is 3. The Morgan fingerprint density at radius 3 is 2.75 bits per heavy atom. The van der Waals surface area contributed by atoms with Crippen LogP contribution in [0.4, 0.5) is 5.69 Å². The zero-order valence-corrected chi connectivity index (χ0v) is 10.9. The van der Waals surface area contributed by atoms with Crippen molar-refractivity contribution in [1.82, 2.24) is 10.1 Å². The number of aryl methyl sites for hydroxylation is 1. The Balaban J connectivity index is 2.30. The SMILES string of the molecule is CCc1noc(-c2cccc(N=C(N)N=C(N)N)c2)n1. The van der Waals surface area contributed by atoms with Crippen LogP contribution in [0.25, 0.3) is 11.5 Å². The number of rotatable bonds is 3. The molecule has 0 unspecified atom stereocenters. The summed E-state index contributed by atoms with van der Waals surface area (Å²) in [4.78, 5) is 12.0. The van der Waals surface area contributed by atoms with E-state index in [0.717, 1.165) is 5.56 Å². The average Bonchev–Trinajstić information content (AvgIpc) is 2.86. The van der Waals surface area contributed by atoms with E-state index in [4.69, 9.17) is 21.7 Å². The fourth-order valence-electron chi connectivity index (χ4n) is 1.51. The monoisotopic (exact) mass is 273 g/mol. The molecule has 0 amide bonds. The Hall–Kier alpha value is -2.90. The minimum atomic E-state index is -0.146. The van der Waals surface area contributed by atoms with Gasteiger partial charge >= 0.3 is 0 Å². The Morgan fingerprint density at radius 1 is 1.30 bits per heavy atom. The molecule has 0 radical (unpaired) electrons. The molecule has 0 fully saturated rings. The number of hydrogen-bond acceptors (Lipinski definition) is 4. The van der Waals surface area contributed by atoms with Gasteiger partial charge in [-0.1, -0.05) is 18.1 Å². The number of hydrogen-bond donors (Lipinski definition) is 3. The Morgan fingerprint density at radius 2 is 2.10 bits per heavy atom. The van der Waals surface area contributed by atoms with Gasteiger partial charge in [-0.15, -0.1) is 0 Å². The van der Waals surface area contributed by atoms with E-state index in [-0.39, 0.29) is 11.9 Å². The molecule has 2 rings (SSSR count). The van der Waals surface area contributed by atoms with Crippen molar-refractivity contribution in [2.45, 2.75) is 13.3 Å². The predicted octanol–water partition coefficient (Wildman–Crippen LogP) is 0.519. The van der Waals surface area contributed by atoms with Crippen LogP contribution < -0.4 is 17.2 Å². The minimum absolute atomic E-state index is 0.0260. The molecule has 0 aliphatic rings. The maximum absolute atomic E-state index is 5.57. The van der Waals surface area contributed by atoms with Crippen molar-refractivity contribution in [3.05, 3.63) is 30.1 Å². The molecule has 1 aromatic heterocycles. The van der Waals surface area contributed by atoms with Crippen LogP contribution in [0.1, 0.15) is 12.7 Å². The predicted molar refractivity (Wildman–Crippen MR) is 76.2 cm³/mol. The number of aromatic nitrogens is 2. The summed E-state index contributed by atoms with van der Waals surface area (Å²) >= 11 is 0. The smallest absolute Gasteiger partial charge is 0.257 e. The zero-order valence-electron chi connectivity index (χ0n) is 10.9. The summed E-state index contributed by atoms with van der Waals surface area (Å²) in [7, 11) is 0. The summed E-state index contributed by atoms with van der Waals surface area (Å²) < 4.78 is 5.16. The van der Waals surface area contributed by atoms with Gasteiger partial charge in [-0.25, -0.2) is 4.99 Å². The maximum Gasteiger partial charge on any atom is 0.257 e. The minimum Gasteiger partial charge on any atom is -0.370 e. The van der Waals surface area contributed by atoms with E-state index in [1.165, 1.54) is 0 Å². The molecule has 1 heterocycles. The van der Waals surface area contributed by atoms with Crippen LogP contribution in [0, 0.1) is 0 Å². The molecule has 0 aliphatic heterocycles. The third-order valence-electron chi connectivity index (χ3n) is 2.36. The molecule has 0 bridgehead atoms. The lowest BCUT2D eigenvalue weighted by atomic mass is 10.2. The lowest BCUT2D eigenvalue weighted by Crippen LogP contribution is -2.26. The van der Waals surface area contributed by atoms with E-state index < -0.39 is 0 Å². The Kier molecular flexibility index (Phi) is 3.94. The van der Waals surface area contributed by atoms with Crippen molar-refractivity contribution in [3.63, 3.8) is 0 Å². The van der Waals surface area contributed by atoms with E-state index in [1.54, 1.807) is 18.2 Å². The van der Waals surface area contributed by atoms with Crippen LogP contribution in [0.5, 0.6) is 0 Å². The van der Waals surface area contributed by atoms with Gasteiger partial charge in [0.2, 0.25) is 5.96 Å². The molecule has 104 valence electrons. The van der Waals surface area contributed by atoms with E-state index in [1.807, 2.05) is 13.0 Å². The third kappa shape index (κ3) is 3.31. The van der Waals surface area contributed by atoms with Gasteiger partial charge in [-0.3, -0.25) is 0 Å². The van der Waals surface area contributed by atoms with Crippen molar-refractivity contribution in [2.75, 3.05) is 0 Å². The first kappa shape index (κ1) is 13.5. The third-order valence-corrected chi connectivity index (χ3v) is 2.36. The highest BCUT2D eigenvalue weighted by molar-refractivity contribution is 5.93. The zero-order chi connectivity index (χ0) is 14.5. The van der Waals surface area contributed by atoms with E-state index in [2.05, 4.69) is 20.1 Å². The summed E-state index contributed by atoms with van der Waals surface area (Å²) in [6, 6.07) is 7.15. The number of guanidine groups is 2. The van der Waals surface area contributed by atoms with Crippen LogP contribution in [-0.2, 0) is 6.42 Å². The van der Waals surface area contributed by atoms with Crippen molar-refractivity contribution < 1.29 is 4.52 Å². The van der Waals surface area contributed by atoms with Gasteiger partial charge < -0.3 is 21.7 Å². The molecule has 0 saturated heterocycles. The van der Waals surface area contributed by atoms with Gasteiger partial charge in [0.1, 0.15) is 0 Å². The highest BCUT2D eigenvalue weighted by atomic mass is 16.5. The normalized spacial score (nSPS) is 11.3. The van der Waals surface area contributed by atoms with Gasteiger partial charge in [0, 0.05) is 12.0 Å². The molecular formula is C12H15N7O. The second-order valence-electron chi connectivity index (χ2n) is 3.93. The summed E-state index contributed by atoms with van der Waals surface area (Å²) in [5.41, 5.74) is 17.3. The molecule has 6 N–H and O–H groups in total. The van der Waals surface area contributed by atoms with Crippen LogP contribution in [0.3, 0.4) is 0 Å². The second-order valence-corrected chi connectivity index (χ2v) is 3.93. The first-order chi connectivity index (χ1) is 9.58. The summed E-state index contributed by atoms with van der Waals surface area (Å²) in [5, 5.41) is 3.84. The molecular weight excluding hydrogens is 258 g/mol. The molecule has 0 saturated carbocycles. The largest absolute Gasteiger partial charge is 0.370 e. The second kappa shape index (κ2) is 5.83. The highest BCUT2D eigenvalue weighted by Gasteiger charge is 2.07. The molecule has 0 aliphatic carbocycles. The number of nitrogens with zero attached hydrogens (tertiary/aromatic N) is 4. The van der Waals surface area contributed by atoms with Gasteiger partial charge in [0.15, 0.2) is 11.8 Å². The van der Waals surface area contributed by atoms with Crippen LogP contribution >= 0.6 is 0 Å². The average molecular weight is 273 g/mol. The molecule has 1 aromatic carbocycles. The Labute approximate surface area is 115 Å². The maximum atomic E-state index is 5.57. The summed E-state index contributed by atoms with van der Waals surface area (Å²) in [6.45, 7) is 1.95. The molecule has 20 heavy (non-hydrogen) atoms. The topological polar surface area (TPSA) is 142 Å². The number of aliphatic imine (C=N–C) groups is 2. The molecule has 0 atom stereocenters. The first-order valence-electron chi connectivity index (χ1n) is 5.95. The quantitative estimate of drug-likeness (QED) is 0.549. The fourth-order valence-corrected chi connectivity index (χ4v) is 1.51. The number of benzene rings is 1. The van der Waals surface area contributed by atoms with Crippen LogP contribution in [0.15, 0.2) is 38.8 Å². The van der Waals surface area contributed by atoms with Crippen molar-refractivity contribution in [2.24, 2.45) is 27.2 Å². The lowest BCUT2D eigenvalue weighted by molar-refractivity contribution is 0.423. The van der Waals surface area contributed by atoms with Gasteiger partial charge in [-0.2, -0.15) is 9.98 Å². The highest BCUT2D eigenvalue weighted by Crippen LogP contribution is 2.22. The van der Waals surface area contributed by atoms with Crippen LogP contribution in [-0.4, -0.2) is 22.1 Å². The molecule has 2 aromatic rings. The molecule has 8 nitrogen and oxygen atoms in total. The van der Waals surface area contributed by atoms with Gasteiger partial charge in [-0.05, 0) is 18.2 Å². The van der Waals surface area contributed by atoms with Crippen molar-refractivity contribution >= 4 is 17.6 Å². The van der Waals surface area contributed by atoms with Crippen LogP contribution in [0.2, 0.25) is 0 Å². The van der Waals surface area contributed by atoms with Crippen molar-refractivity contribution in [3.8, 4) is 11.5 Å². The van der Waals surface area contributed by atoms with E-state index >= 15 is 0 Å². The van der Waals surface area contributed by atoms with Gasteiger partial charge in [0.05, 0.1) is 5.69 Å². The molecule has 0 spiro atoms. The first-order valence-corrected chi connectivity index (χ1v) is 5.95. The Bertz CT molecular complexity index is 655. The standard InChI is InChI=1S/C12H15N7O/c1-2-9-17-10(20-19-9)7-4-3-5-8(6-7)16-12(15)18-11(13)14/h3-6H,2H2,1H3,(H6,13,14,15,16,18). The summed E-state index contributed by atoms with van der Waals surface area (Å²) in [5.74, 6) is 0.905.